The molecule has 1 aliphatic carbocycles. The zero-order valence-electron chi connectivity index (χ0n) is 23.3. The molecule has 0 N–H and O–H groups in total. The fourth-order valence-corrected chi connectivity index (χ4v) is 6.22. The number of carbonyl (C=O) groups excluding carboxylic acids is 1. The summed E-state index contributed by atoms with van der Waals surface area (Å²) in [5.74, 6) is 0.112. The summed E-state index contributed by atoms with van der Waals surface area (Å²) in [7, 11) is 0. The molecule has 1 aliphatic rings. The lowest BCUT2D eigenvalue weighted by Gasteiger charge is -2.34. The standard InChI is InChI=1S/C40H30O/c1-40(2)37-19-10-9-18-35(37)39(41)36-21-20-31(26-38(36)40)29-16-11-17-30(22-29)34-24-32(27-12-5-3-6-13-27)23-33(25-34)28-14-7-4-8-15-28/h3-26H,1-2H3. The van der Waals surface area contributed by atoms with E-state index in [2.05, 4.69) is 135 Å². The molecule has 0 aromatic heterocycles. The van der Waals surface area contributed by atoms with Crippen LogP contribution in [0.25, 0.3) is 44.5 Å². The third-order valence-electron chi connectivity index (χ3n) is 8.46. The van der Waals surface area contributed by atoms with Crippen LogP contribution in [0.1, 0.15) is 40.9 Å². The van der Waals surface area contributed by atoms with Gasteiger partial charge in [-0.2, -0.15) is 0 Å². The highest BCUT2D eigenvalue weighted by molar-refractivity contribution is 6.13. The van der Waals surface area contributed by atoms with Gasteiger partial charge in [0.1, 0.15) is 0 Å². The van der Waals surface area contributed by atoms with Crippen LogP contribution < -0.4 is 0 Å². The van der Waals surface area contributed by atoms with Crippen LogP contribution >= 0.6 is 0 Å². The molecule has 6 aromatic carbocycles. The van der Waals surface area contributed by atoms with Gasteiger partial charge in [0.2, 0.25) is 0 Å². The first-order valence-corrected chi connectivity index (χ1v) is 14.1. The van der Waals surface area contributed by atoms with Crippen molar-refractivity contribution in [3.63, 3.8) is 0 Å². The van der Waals surface area contributed by atoms with Crippen molar-refractivity contribution in [1.82, 2.24) is 0 Å². The molecule has 0 atom stereocenters. The van der Waals surface area contributed by atoms with Crippen molar-refractivity contribution in [2.45, 2.75) is 19.3 Å². The van der Waals surface area contributed by atoms with E-state index in [0.29, 0.717) is 0 Å². The fourth-order valence-electron chi connectivity index (χ4n) is 6.22. The van der Waals surface area contributed by atoms with Crippen LogP contribution in [0, 0.1) is 0 Å². The molecule has 6 aromatic rings. The molecule has 0 fully saturated rings. The first-order chi connectivity index (χ1) is 20.0. The van der Waals surface area contributed by atoms with Crippen molar-refractivity contribution < 1.29 is 4.79 Å². The molecule has 196 valence electrons. The third kappa shape index (κ3) is 4.40. The molecule has 0 saturated heterocycles. The van der Waals surface area contributed by atoms with E-state index in [4.69, 9.17) is 0 Å². The Morgan fingerprint density at radius 1 is 0.366 bits per heavy atom. The molecule has 0 bridgehead atoms. The van der Waals surface area contributed by atoms with Crippen molar-refractivity contribution in [2.75, 3.05) is 0 Å². The van der Waals surface area contributed by atoms with E-state index in [1.807, 2.05) is 24.3 Å². The van der Waals surface area contributed by atoms with E-state index in [9.17, 15) is 4.79 Å². The number of carbonyl (C=O) groups is 1. The van der Waals surface area contributed by atoms with Gasteiger partial charge in [-0.15, -0.1) is 0 Å². The second kappa shape index (κ2) is 9.87. The molecule has 0 heterocycles. The van der Waals surface area contributed by atoms with E-state index < -0.39 is 0 Å². The highest BCUT2D eigenvalue weighted by Gasteiger charge is 2.36. The summed E-state index contributed by atoms with van der Waals surface area (Å²) in [6, 6.07) is 51.1. The Balaban J connectivity index is 1.34. The van der Waals surface area contributed by atoms with Crippen LogP contribution in [-0.4, -0.2) is 5.78 Å². The summed E-state index contributed by atoms with van der Waals surface area (Å²) in [4.78, 5) is 13.4. The maximum Gasteiger partial charge on any atom is 0.193 e. The van der Waals surface area contributed by atoms with E-state index in [0.717, 1.165) is 38.9 Å². The van der Waals surface area contributed by atoms with Gasteiger partial charge < -0.3 is 0 Å². The molecule has 0 amide bonds. The summed E-state index contributed by atoms with van der Waals surface area (Å²) in [5, 5.41) is 0. The Morgan fingerprint density at radius 3 is 1.44 bits per heavy atom. The predicted octanol–water partition coefficient (Wildman–Crippen LogP) is 10.2. The second-order valence-corrected chi connectivity index (χ2v) is 11.4. The van der Waals surface area contributed by atoms with Crippen molar-refractivity contribution in [1.29, 1.82) is 0 Å². The highest BCUT2D eigenvalue weighted by atomic mass is 16.1. The van der Waals surface area contributed by atoms with Gasteiger partial charge in [0.05, 0.1) is 0 Å². The monoisotopic (exact) mass is 526 g/mol. The smallest absolute Gasteiger partial charge is 0.193 e. The second-order valence-electron chi connectivity index (χ2n) is 11.4. The highest BCUT2D eigenvalue weighted by Crippen LogP contribution is 2.43. The summed E-state index contributed by atoms with van der Waals surface area (Å²) in [5.41, 5.74) is 12.9. The average Bonchev–Trinajstić information content (AvgIpc) is 3.04. The molecule has 0 unspecified atom stereocenters. The van der Waals surface area contributed by atoms with Crippen molar-refractivity contribution in [2.24, 2.45) is 0 Å². The number of hydrogen-bond donors (Lipinski definition) is 0. The van der Waals surface area contributed by atoms with Gasteiger partial charge in [0, 0.05) is 16.5 Å². The Bertz CT molecular complexity index is 1850. The number of ketones is 1. The minimum atomic E-state index is -0.262. The van der Waals surface area contributed by atoms with E-state index >= 15 is 0 Å². The van der Waals surface area contributed by atoms with Gasteiger partial charge in [0.15, 0.2) is 5.78 Å². The summed E-state index contributed by atoms with van der Waals surface area (Å²) in [6.45, 7) is 4.44. The number of hydrogen-bond acceptors (Lipinski definition) is 1. The molecular weight excluding hydrogens is 496 g/mol. The first kappa shape index (κ1) is 25.0. The molecule has 7 rings (SSSR count). The minimum Gasteiger partial charge on any atom is -0.289 e. The summed E-state index contributed by atoms with van der Waals surface area (Å²) in [6.07, 6.45) is 0. The number of benzene rings is 6. The quantitative estimate of drug-likeness (QED) is 0.223. The largest absolute Gasteiger partial charge is 0.289 e. The lowest BCUT2D eigenvalue weighted by atomic mass is 9.68. The lowest BCUT2D eigenvalue weighted by molar-refractivity contribution is 0.103. The number of rotatable bonds is 4. The molecule has 0 aliphatic heterocycles. The third-order valence-corrected chi connectivity index (χ3v) is 8.46. The Kier molecular flexibility index (Phi) is 6.02. The van der Waals surface area contributed by atoms with Crippen LogP contribution in [0.15, 0.2) is 146 Å². The maximum atomic E-state index is 13.4. The van der Waals surface area contributed by atoms with Crippen molar-refractivity contribution >= 4 is 5.78 Å². The van der Waals surface area contributed by atoms with Gasteiger partial charge in [-0.1, -0.05) is 129 Å². The van der Waals surface area contributed by atoms with Crippen molar-refractivity contribution in [3.05, 3.63) is 168 Å². The van der Waals surface area contributed by atoms with Crippen LogP contribution in [0.4, 0.5) is 0 Å². The Hall–Kier alpha value is -5.01. The number of fused-ring (bicyclic) bond motifs is 2. The van der Waals surface area contributed by atoms with E-state index in [-0.39, 0.29) is 11.2 Å². The molecular formula is C40H30O. The maximum absolute atomic E-state index is 13.4. The zero-order chi connectivity index (χ0) is 28.0. The van der Waals surface area contributed by atoms with Crippen LogP contribution in [0.5, 0.6) is 0 Å². The summed E-state index contributed by atoms with van der Waals surface area (Å²) < 4.78 is 0. The van der Waals surface area contributed by atoms with Crippen LogP contribution in [0.3, 0.4) is 0 Å². The first-order valence-electron chi connectivity index (χ1n) is 14.1. The minimum absolute atomic E-state index is 0.112. The normalized spacial score (nSPS) is 13.4. The molecule has 0 saturated carbocycles. The SMILES string of the molecule is CC1(C)c2ccccc2C(=O)c2ccc(-c3cccc(-c4cc(-c5ccccc5)cc(-c5ccccc5)c4)c3)cc21. The van der Waals surface area contributed by atoms with E-state index in [1.165, 1.54) is 27.8 Å². The zero-order valence-corrected chi connectivity index (χ0v) is 23.3. The predicted molar refractivity (Wildman–Crippen MR) is 170 cm³/mol. The average molecular weight is 527 g/mol. The molecule has 0 radical (unpaired) electrons. The molecule has 0 spiro atoms. The van der Waals surface area contributed by atoms with Crippen molar-refractivity contribution in [3.8, 4) is 44.5 Å². The van der Waals surface area contributed by atoms with Gasteiger partial charge in [-0.05, 0) is 86.0 Å². The topological polar surface area (TPSA) is 17.1 Å². The van der Waals surface area contributed by atoms with Gasteiger partial charge >= 0.3 is 0 Å². The summed E-state index contributed by atoms with van der Waals surface area (Å²) >= 11 is 0. The van der Waals surface area contributed by atoms with Gasteiger partial charge in [0.25, 0.3) is 0 Å². The van der Waals surface area contributed by atoms with Crippen LogP contribution in [-0.2, 0) is 5.41 Å². The van der Waals surface area contributed by atoms with Gasteiger partial charge in [-0.25, -0.2) is 0 Å². The molecule has 1 nitrogen and oxygen atoms in total. The van der Waals surface area contributed by atoms with E-state index in [1.54, 1.807) is 0 Å². The Morgan fingerprint density at radius 2 is 0.805 bits per heavy atom. The van der Waals surface area contributed by atoms with Crippen LogP contribution in [0.2, 0.25) is 0 Å². The fraction of sp³-hybridized carbons (Fsp3) is 0.0750. The van der Waals surface area contributed by atoms with Gasteiger partial charge in [-0.3, -0.25) is 4.79 Å². The molecule has 41 heavy (non-hydrogen) atoms. The molecule has 1 heteroatoms. The lowest BCUT2D eigenvalue weighted by Crippen LogP contribution is -2.30. The Labute approximate surface area is 241 Å².